The normalized spacial score (nSPS) is 14.7. The van der Waals surface area contributed by atoms with Gasteiger partial charge in [0.05, 0.1) is 18.9 Å². The highest BCUT2D eigenvalue weighted by Crippen LogP contribution is 2.39. The Bertz CT molecular complexity index is 1140. The van der Waals surface area contributed by atoms with E-state index in [4.69, 9.17) is 4.74 Å². The van der Waals surface area contributed by atoms with Crippen LogP contribution in [0.1, 0.15) is 34.5 Å². The van der Waals surface area contributed by atoms with Crippen molar-refractivity contribution in [2.24, 2.45) is 0 Å². The number of amides is 1. The topological polar surface area (TPSA) is 58.6 Å². The Labute approximate surface area is 196 Å². The second-order valence-corrected chi connectivity index (χ2v) is 8.17. The molecule has 0 unspecified atom stereocenters. The molecule has 1 amide bonds. The van der Waals surface area contributed by atoms with Crippen LogP contribution in [0.2, 0.25) is 0 Å². The molecule has 9 heteroatoms. The number of aryl methyl sites for hydroxylation is 1. The van der Waals surface area contributed by atoms with E-state index in [1.54, 1.807) is 48.8 Å². The van der Waals surface area contributed by atoms with Crippen molar-refractivity contribution < 1.29 is 22.7 Å². The maximum absolute atomic E-state index is 13.1. The Morgan fingerprint density at radius 1 is 1.09 bits per heavy atom. The molecule has 1 saturated heterocycles. The lowest BCUT2D eigenvalue weighted by Gasteiger charge is -2.40. The predicted molar refractivity (Wildman–Crippen MR) is 122 cm³/mol. The number of methoxy groups -OCH3 is 1. The lowest BCUT2D eigenvalue weighted by atomic mass is 10.00. The zero-order valence-electron chi connectivity index (χ0n) is 18.9. The van der Waals surface area contributed by atoms with Gasteiger partial charge in [-0.25, -0.2) is 0 Å². The maximum atomic E-state index is 13.1. The predicted octanol–water partition coefficient (Wildman–Crippen LogP) is 5.26. The molecule has 1 aliphatic rings. The summed E-state index contributed by atoms with van der Waals surface area (Å²) in [6, 6.07) is 10.2. The number of carbonyl (C=O) groups excluding carboxylic acids is 1. The number of aromatic nitrogens is 2. The van der Waals surface area contributed by atoms with Gasteiger partial charge in [0.2, 0.25) is 0 Å². The highest BCUT2D eigenvalue weighted by Gasteiger charge is 2.32. The van der Waals surface area contributed by atoms with Gasteiger partial charge in [0.15, 0.2) is 0 Å². The second-order valence-electron chi connectivity index (χ2n) is 8.17. The molecule has 6 nitrogen and oxygen atoms in total. The fourth-order valence-electron chi connectivity index (χ4n) is 4.27. The van der Waals surface area contributed by atoms with Crippen molar-refractivity contribution in [1.29, 1.82) is 0 Å². The lowest BCUT2D eigenvalue weighted by Crippen LogP contribution is -2.45. The van der Waals surface area contributed by atoms with E-state index in [0.717, 1.165) is 17.8 Å². The average Bonchev–Trinajstić information content (AvgIpc) is 2.84. The maximum Gasteiger partial charge on any atom is 0.416 e. The molecule has 0 N–H and O–H groups in total. The number of benzene rings is 1. The van der Waals surface area contributed by atoms with Gasteiger partial charge in [-0.2, -0.15) is 13.2 Å². The van der Waals surface area contributed by atoms with Gasteiger partial charge in [-0.1, -0.05) is 0 Å². The smallest absolute Gasteiger partial charge is 0.416 e. The molecule has 0 saturated carbocycles. The zero-order valence-corrected chi connectivity index (χ0v) is 18.9. The first-order chi connectivity index (χ1) is 16.3. The number of anilines is 2. The number of alkyl halides is 3. The molecule has 3 heterocycles. The first-order valence-corrected chi connectivity index (χ1v) is 10.9. The van der Waals surface area contributed by atoms with Crippen molar-refractivity contribution in [3.05, 3.63) is 77.9 Å². The molecular weight excluding hydrogens is 445 g/mol. The van der Waals surface area contributed by atoms with Gasteiger partial charge < -0.3 is 14.5 Å². The summed E-state index contributed by atoms with van der Waals surface area (Å²) in [7, 11) is 1.54. The SMILES string of the molecule is COc1ccncc1N(c1ccc(C(F)(F)F)cc1)C1CCN(C(=O)c2ccnc(C)c2)CC1. The number of piperidine rings is 1. The van der Waals surface area contributed by atoms with Crippen LogP contribution in [-0.2, 0) is 6.18 Å². The van der Waals surface area contributed by atoms with Gasteiger partial charge in [-0.15, -0.1) is 0 Å². The summed E-state index contributed by atoms with van der Waals surface area (Å²) in [4.78, 5) is 25.1. The molecule has 34 heavy (non-hydrogen) atoms. The molecule has 0 spiro atoms. The van der Waals surface area contributed by atoms with Crippen LogP contribution in [0.4, 0.5) is 24.5 Å². The minimum Gasteiger partial charge on any atom is -0.494 e. The summed E-state index contributed by atoms with van der Waals surface area (Å²) in [5, 5.41) is 0. The van der Waals surface area contributed by atoms with Crippen molar-refractivity contribution in [2.45, 2.75) is 32.0 Å². The highest BCUT2D eigenvalue weighted by molar-refractivity contribution is 5.94. The van der Waals surface area contributed by atoms with Gasteiger partial charge >= 0.3 is 6.18 Å². The second kappa shape index (κ2) is 9.70. The van der Waals surface area contributed by atoms with Crippen molar-refractivity contribution >= 4 is 17.3 Å². The van der Waals surface area contributed by atoms with E-state index >= 15 is 0 Å². The van der Waals surface area contributed by atoms with Gasteiger partial charge in [-0.05, 0) is 56.2 Å². The quantitative estimate of drug-likeness (QED) is 0.510. The van der Waals surface area contributed by atoms with E-state index in [1.807, 2.05) is 11.8 Å². The Hall–Kier alpha value is -3.62. The molecule has 178 valence electrons. The van der Waals surface area contributed by atoms with Crippen LogP contribution >= 0.6 is 0 Å². The number of pyridine rings is 2. The van der Waals surface area contributed by atoms with Crippen LogP contribution in [0.25, 0.3) is 0 Å². The molecule has 0 aliphatic carbocycles. The van der Waals surface area contributed by atoms with Crippen LogP contribution in [0.5, 0.6) is 5.75 Å². The van der Waals surface area contributed by atoms with E-state index in [0.29, 0.717) is 48.6 Å². The summed E-state index contributed by atoms with van der Waals surface area (Å²) in [6.07, 6.45) is 1.73. The van der Waals surface area contributed by atoms with Gasteiger partial charge in [0.1, 0.15) is 11.4 Å². The standard InChI is InChI=1S/C25H25F3N4O2/c1-17-15-18(7-12-30-17)24(33)31-13-9-21(10-14-31)32(22-16-29-11-8-23(22)34-2)20-5-3-19(4-6-20)25(26,27)28/h3-8,11-12,15-16,21H,9-10,13-14H2,1-2H3. The molecular formula is C25H25F3N4O2. The summed E-state index contributed by atoms with van der Waals surface area (Å²) >= 11 is 0. The van der Waals surface area contributed by atoms with Crippen LogP contribution < -0.4 is 9.64 Å². The molecule has 2 aromatic heterocycles. The fourth-order valence-corrected chi connectivity index (χ4v) is 4.27. The molecule has 0 atom stereocenters. The lowest BCUT2D eigenvalue weighted by molar-refractivity contribution is -0.137. The third-order valence-corrected chi connectivity index (χ3v) is 5.97. The number of likely N-dealkylation sites (tertiary alicyclic amines) is 1. The van der Waals surface area contributed by atoms with Crippen molar-refractivity contribution in [2.75, 3.05) is 25.1 Å². The summed E-state index contributed by atoms with van der Waals surface area (Å²) < 4.78 is 44.9. The fraction of sp³-hybridized carbons (Fsp3) is 0.320. The molecule has 1 fully saturated rings. The van der Waals surface area contributed by atoms with E-state index in [9.17, 15) is 18.0 Å². The van der Waals surface area contributed by atoms with Crippen molar-refractivity contribution in [1.82, 2.24) is 14.9 Å². The van der Waals surface area contributed by atoms with Crippen LogP contribution in [0.3, 0.4) is 0 Å². The third kappa shape index (κ3) is 4.98. The van der Waals surface area contributed by atoms with E-state index < -0.39 is 11.7 Å². The van der Waals surface area contributed by atoms with E-state index in [-0.39, 0.29) is 11.9 Å². The van der Waals surface area contributed by atoms with Crippen LogP contribution in [-0.4, -0.2) is 47.0 Å². The monoisotopic (exact) mass is 470 g/mol. The van der Waals surface area contributed by atoms with Gasteiger partial charge in [0, 0.05) is 54.5 Å². The summed E-state index contributed by atoms with van der Waals surface area (Å²) in [6.45, 7) is 2.88. The number of hydrogen-bond donors (Lipinski definition) is 0. The Morgan fingerprint density at radius 3 is 2.41 bits per heavy atom. The number of rotatable bonds is 5. The first kappa shape index (κ1) is 23.5. The van der Waals surface area contributed by atoms with E-state index in [2.05, 4.69) is 9.97 Å². The number of nitrogens with zero attached hydrogens (tertiary/aromatic N) is 4. The van der Waals surface area contributed by atoms with Crippen LogP contribution in [0, 0.1) is 6.92 Å². The summed E-state index contributed by atoms with van der Waals surface area (Å²) in [5.74, 6) is 0.518. The Balaban J connectivity index is 1.60. The van der Waals surface area contributed by atoms with Gasteiger partial charge in [-0.3, -0.25) is 14.8 Å². The molecule has 0 radical (unpaired) electrons. The molecule has 3 aromatic rings. The average molecular weight is 470 g/mol. The van der Waals surface area contributed by atoms with Crippen molar-refractivity contribution in [3.8, 4) is 5.75 Å². The Kier molecular flexibility index (Phi) is 6.72. The van der Waals surface area contributed by atoms with E-state index in [1.165, 1.54) is 12.1 Å². The Morgan fingerprint density at radius 2 is 1.79 bits per heavy atom. The number of hydrogen-bond acceptors (Lipinski definition) is 5. The highest BCUT2D eigenvalue weighted by atomic mass is 19.4. The largest absolute Gasteiger partial charge is 0.494 e. The van der Waals surface area contributed by atoms with Crippen LogP contribution in [0.15, 0.2) is 61.1 Å². The molecule has 1 aromatic carbocycles. The minimum absolute atomic E-state index is 0.0519. The number of carbonyl (C=O) groups is 1. The molecule has 4 rings (SSSR count). The first-order valence-electron chi connectivity index (χ1n) is 10.9. The minimum atomic E-state index is -4.41. The zero-order chi connectivity index (χ0) is 24.3. The number of ether oxygens (including phenoxy) is 1. The molecule has 0 bridgehead atoms. The number of halogens is 3. The third-order valence-electron chi connectivity index (χ3n) is 5.97. The van der Waals surface area contributed by atoms with Crippen molar-refractivity contribution in [3.63, 3.8) is 0 Å². The van der Waals surface area contributed by atoms with Gasteiger partial charge in [0.25, 0.3) is 5.91 Å². The summed E-state index contributed by atoms with van der Waals surface area (Å²) in [5.41, 5.74) is 1.94. The molecule has 1 aliphatic heterocycles.